The highest BCUT2D eigenvalue weighted by molar-refractivity contribution is 6.35. The van der Waals surface area contributed by atoms with E-state index in [4.69, 9.17) is 23.2 Å². The van der Waals surface area contributed by atoms with Crippen molar-refractivity contribution in [2.24, 2.45) is 0 Å². The molecule has 0 aliphatic carbocycles. The van der Waals surface area contributed by atoms with Crippen molar-refractivity contribution in [2.45, 2.75) is 12.5 Å². The summed E-state index contributed by atoms with van der Waals surface area (Å²) in [6.45, 7) is 4.88. The minimum absolute atomic E-state index is 0.253. The van der Waals surface area contributed by atoms with Crippen LogP contribution < -0.4 is 10.6 Å². The highest BCUT2D eigenvalue weighted by atomic mass is 35.5. The molecule has 1 aliphatic heterocycles. The molecule has 0 radical (unpaired) electrons. The molecule has 0 saturated carbocycles. The van der Waals surface area contributed by atoms with Crippen molar-refractivity contribution in [3.63, 3.8) is 0 Å². The van der Waals surface area contributed by atoms with Gasteiger partial charge in [0.2, 0.25) is 5.91 Å². The van der Waals surface area contributed by atoms with Gasteiger partial charge in [0, 0.05) is 22.2 Å². The van der Waals surface area contributed by atoms with Crippen molar-refractivity contribution in [1.82, 2.24) is 15.5 Å². The molecule has 2 N–H and O–H groups in total. The summed E-state index contributed by atoms with van der Waals surface area (Å²) in [6.07, 6.45) is 1.50. The molecule has 0 aromatic heterocycles. The van der Waals surface area contributed by atoms with Gasteiger partial charge in [-0.25, -0.2) is 4.79 Å². The zero-order valence-corrected chi connectivity index (χ0v) is 13.9. The summed E-state index contributed by atoms with van der Waals surface area (Å²) >= 11 is 12.0. The van der Waals surface area contributed by atoms with Crippen LogP contribution in [0, 0.1) is 0 Å². The van der Waals surface area contributed by atoms with E-state index in [-0.39, 0.29) is 18.1 Å². The lowest BCUT2D eigenvalue weighted by atomic mass is 9.92. The summed E-state index contributed by atoms with van der Waals surface area (Å²) in [5, 5.41) is 5.76. The Labute approximate surface area is 143 Å². The van der Waals surface area contributed by atoms with Crippen LogP contribution >= 0.6 is 23.2 Å². The number of hydrogen-bond acceptors (Lipinski definition) is 3. The Bertz CT molecular complexity index is 693. The maximum Gasteiger partial charge on any atom is 0.325 e. The van der Waals surface area contributed by atoms with E-state index in [0.717, 1.165) is 4.90 Å². The van der Waals surface area contributed by atoms with Crippen molar-refractivity contribution < 1.29 is 14.4 Å². The molecule has 6 nitrogen and oxygen atoms in total. The number of hydrogen-bond donors (Lipinski definition) is 2. The Morgan fingerprint density at radius 1 is 1.43 bits per heavy atom. The lowest BCUT2D eigenvalue weighted by Crippen LogP contribution is -2.43. The number of carbonyl (C=O) groups excluding carboxylic acids is 3. The van der Waals surface area contributed by atoms with Crippen LogP contribution in [0.4, 0.5) is 4.79 Å². The summed E-state index contributed by atoms with van der Waals surface area (Å²) < 4.78 is 0. The molecule has 1 saturated heterocycles. The number of imide groups is 1. The highest BCUT2D eigenvalue weighted by Gasteiger charge is 2.50. The number of nitrogens with zero attached hydrogens (tertiary/aromatic N) is 1. The van der Waals surface area contributed by atoms with E-state index in [1.165, 1.54) is 19.1 Å². The van der Waals surface area contributed by atoms with Crippen LogP contribution in [0.3, 0.4) is 0 Å². The summed E-state index contributed by atoms with van der Waals surface area (Å²) in [5.41, 5.74) is -0.937. The molecular weight excluding hydrogens is 341 g/mol. The van der Waals surface area contributed by atoms with Crippen LogP contribution in [0.2, 0.25) is 10.0 Å². The second kappa shape index (κ2) is 6.60. The summed E-state index contributed by atoms with van der Waals surface area (Å²) in [6, 6.07) is 3.98. The SMILES string of the molecule is C=CCNC(=O)CN1C(=O)NC(C)(c2ccc(Cl)cc2Cl)C1=O. The number of amides is 4. The van der Waals surface area contributed by atoms with Crippen molar-refractivity contribution >= 4 is 41.0 Å². The van der Waals surface area contributed by atoms with E-state index in [1.807, 2.05) is 0 Å². The average molecular weight is 356 g/mol. The standard InChI is InChI=1S/C15H15Cl2N3O3/c1-3-6-18-12(21)8-20-13(22)15(2,19-14(20)23)10-5-4-9(16)7-11(10)17/h3-5,7H,1,6,8H2,2H3,(H,18,21)(H,19,23). The number of benzene rings is 1. The average Bonchev–Trinajstić information content (AvgIpc) is 2.69. The second-order valence-electron chi connectivity index (χ2n) is 5.16. The number of nitrogens with one attached hydrogen (secondary N) is 2. The van der Waals surface area contributed by atoms with Gasteiger partial charge in [-0.2, -0.15) is 0 Å². The first kappa shape index (κ1) is 17.3. The van der Waals surface area contributed by atoms with Crippen molar-refractivity contribution in [3.05, 3.63) is 46.5 Å². The molecule has 1 atom stereocenters. The maximum atomic E-state index is 12.6. The molecule has 122 valence electrons. The lowest BCUT2D eigenvalue weighted by Gasteiger charge is -2.23. The molecule has 1 fully saturated rings. The number of halogens is 2. The fraction of sp³-hybridized carbons (Fsp3) is 0.267. The normalized spacial score (nSPS) is 20.4. The third kappa shape index (κ3) is 3.33. The van der Waals surface area contributed by atoms with E-state index >= 15 is 0 Å². The molecule has 1 aromatic rings. The van der Waals surface area contributed by atoms with Gasteiger partial charge in [0.25, 0.3) is 5.91 Å². The third-order valence-corrected chi connectivity index (χ3v) is 4.04. The number of urea groups is 1. The van der Waals surface area contributed by atoms with Crippen LogP contribution in [0.1, 0.15) is 12.5 Å². The van der Waals surface area contributed by atoms with Crippen LogP contribution in [-0.4, -0.2) is 35.8 Å². The molecule has 1 unspecified atom stereocenters. The predicted octanol–water partition coefficient (Wildman–Crippen LogP) is 2.06. The minimum atomic E-state index is -1.35. The minimum Gasteiger partial charge on any atom is -0.351 e. The predicted molar refractivity (Wildman–Crippen MR) is 87.3 cm³/mol. The van der Waals surface area contributed by atoms with Gasteiger partial charge in [0.05, 0.1) is 0 Å². The van der Waals surface area contributed by atoms with Gasteiger partial charge < -0.3 is 10.6 Å². The van der Waals surface area contributed by atoms with Crippen LogP contribution in [0.25, 0.3) is 0 Å². The summed E-state index contributed by atoms with van der Waals surface area (Å²) in [4.78, 5) is 37.3. The molecule has 0 bridgehead atoms. The van der Waals surface area contributed by atoms with Crippen LogP contribution in [0.15, 0.2) is 30.9 Å². The van der Waals surface area contributed by atoms with Gasteiger partial charge in [0.15, 0.2) is 0 Å². The molecule has 4 amide bonds. The molecule has 0 spiro atoms. The van der Waals surface area contributed by atoms with Crippen LogP contribution in [0.5, 0.6) is 0 Å². The Morgan fingerprint density at radius 3 is 2.74 bits per heavy atom. The van der Waals surface area contributed by atoms with Gasteiger partial charge in [-0.3, -0.25) is 14.5 Å². The monoisotopic (exact) mass is 355 g/mol. The molecular formula is C15H15Cl2N3O3. The molecule has 23 heavy (non-hydrogen) atoms. The molecule has 1 aliphatic rings. The van der Waals surface area contributed by atoms with Gasteiger partial charge in [-0.1, -0.05) is 35.3 Å². The van der Waals surface area contributed by atoms with Crippen molar-refractivity contribution in [1.29, 1.82) is 0 Å². The fourth-order valence-corrected chi connectivity index (χ4v) is 2.90. The van der Waals surface area contributed by atoms with E-state index in [0.29, 0.717) is 10.6 Å². The largest absolute Gasteiger partial charge is 0.351 e. The van der Waals surface area contributed by atoms with E-state index in [1.54, 1.807) is 12.1 Å². The molecule has 8 heteroatoms. The maximum absolute atomic E-state index is 12.6. The lowest BCUT2D eigenvalue weighted by molar-refractivity contribution is -0.134. The van der Waals surface area contributed by atoms with Gasteiger partial charge in [0.1, 0.15) is 12.1 Å². The smallest absolute Gasteiger partial charge is 0.325 e. The molecule has 1 heterocycles. The van der Waals surface area contributed by atoms with Crippen molar-refractivity contribution in [2.75, 3.05) is 13.1 Å². The first-order chi connectivity index (χ1) is 10.8. The fourth-order valence-electron chi connectivity index (χ4n) is 2.30. The quantitative estimate of drug-likeness (QED) is 0.626. The first-order valence-electron chi connectivity index (χ1n) is 6.77. The Morgan fingerprint density at radius 2 is 2.13 bits per heavy atom. The third-order valence-electron chi connectivity index (χ3n) is 3.49. The zero-order valence-electron chi connectivity index (χ0n) is 12.4. The topological polar surface area (TPSA) is 78.5 Å². The first-order valence-corrected chi connectivity index (χ1v) is 7.52. The number of carbonyl (C=O) groups is 3. The number of rotatable bonds is 5. The van der Waals surface area contributed by atoms with Crippen molar-refractivity contribution in [3.8, 4) is 0 Å². The molecule has 2 rings (SSSR count). The molecule has 1 aromatic carbocycles. The second-order valence-corrected chi connectivity index (χ2v) is 6.01. The van der Waals surface area contributed by atoms with E-state index < -0.39 is 23.4 Å². The van der Waals surface area contributed by atoms with Gasteiger partial charge in [-0.15, -0.1) is 6.58 Å². The Hall–Kier alpha value is -2.05. The van der Waals surface area contributed by atoms with Crippen LogP contribution in [-0.2, 0) is 15.1 Å². The highest BCUT2D eigenvalue weighted by Crippen LogP contribution is 2.34. The van der Waals surface area contributed by atoms with E-state index in [2.05, 4.69) is 17.2 Å². The van der Waals surface area contributed by atoms with E-state index in [9.17, 15) is 14.4 Å². The zero-order chi connectivity index (χ0) is 17.2. The Balaban J connectivity index is 2.26. The summed E-state index contributed by atoms with van der Waals surface area (Å²) in [5.74, 6) is -1.01. The summed E-state index contributed by atoms with van der Waals surface area (Å²) in [7, 11) is 0. The Kier molecular flexibility index (Phi) is 4.97. The van der Waals surface area contributed by atoms with Gasteiger partial charge >= 0.3 is 6.03 Å². The van der Waals surface area contributed by atoms with Gasteiger partial charge in [-0.05, 0) is 19.1 Å².